The summed E-state index contributed by atoms with van der Waals surface area (Å²) in [6.07, 6.45) is -0.601. The first-order chi connectivity index (χ1) is 10.2. The highest BCUT2D eigenvalue weighted by molar-refractivity contribution is 9.10. The molecule has 0 saturated heterocycles. The van der Waals surface area contributed by atoms with Gasteiger partial charge < -0.3 is 9.47 Å². The molecule has 0 N–H and O–H groups in total. The van der Waals surface area contributed by atoms with E-state index in [1.807, 2.05) is 12.1 Å². The van der Waals surface area contributed by atoms with E-state index in [1.54, 1.807) is 39.8 Å². The van der Waals surface area contributed by atoms with E-state index in [2.05, 4.69) is 15.9 Å². The summed E-state index contributed by atoms with van der Waals surface area (Å²) in [4.78, 5) is 24.6. The van der Waals surface area contributed by atoms with Crippen LogP contribution in [0.4, 0.5) is 4.79 Å². The SMILES string of the molecule is CCOC(=O)n1c(C(=O)OC(C)(C)C)cc2ccc(Br)cc21. The molecule has 0 saturated carbocycles. The van der Waals surface area contributed by atoms with Gasteiger partial charge in [0.1, 0.15) is 11.3 Å². The minimum Gasteiger partial charge on any atom is -0.455 e. The molecule has 0 aliphatic rings. The van der Waals surface area contributed by atoms with Crippen LogP contribution in [0, 0.1) is 0 Å². The first-order valence-corrected chi connectivity index (χ1v) is 7.73. The molecule has 1 heterocycles. The summed E-state index contributed by atoms with van der Waals surface area (Å²) in [5.41, 5.74) is 0.100. The third-order valence-electron chi connectivity index (χ3n) is 2.82. The summed E-state index contributed by atoms with van der Waals surface area (Å²) >= 11 is 3.37. The second-order valence-electron chi connectivity index (χ2n) is 5.77. The minimum absolute atomic E-state index is 0.154. The zero-order chi connectivity index (χ0) is 16.5. The van der Waals surface area contributed by atoms with Gasteiger partial charge in [0.15, 0.2) is 0 Å². The van der Waals surface area contributed by atoms with Gasteiger partial charge in [0.2, 0.25) is 0 Å². The fourth-order valence-corrected chi connectivity index (χ4v) is 2.39. The van der Waals surface area contributed by atoms with Crippen molar-refractivity contribution in [1.82, 2.24) is 4.57 Å². The van der Waals surface area contributed by atoms with Crippen molar-refractivity contribution in [2.75, 3.05) is 6.61 Å². The molecular weight excluding hydrogens is 350 g/mol. The minimum atomic E-state index is -0.645. The lowest BCUT2D eigenvalue weighted by Crippen LogP contribution is -2.27. The highest BCUT2D eigenvalue weighted by Crippen LogP contribution is 2.25. The van der Waals surface area contributed by atoms with E-state index in [0.29, 0.717) is 5.52 Å². The number of benzene rings is 1. The first kappa shape index (κ1) is 16.5. The number of esters is 1. The first-order valence-electron chi connectivity index (χ1n) is 6.94. The Morgan fingerprint density at radius 3 is 2.50 bits per heavy atom. The molecule has 0 aliphatic carbocycles. The Balaban J connectivity index is 2.59. The van der Waals surface area contributed by atoms with Crippen molar-refractivity contribution in [2.24, 2.45) is 0 Å². The average molecular weight is 368 g/mol. The highest BCUT2D eigenvalue weighted by atomic mass is 79.9. The van der Waals surface area contributed by atoms with Crippen molar-refractivity contribution < 1.29 is 19.1 Å². The van der Waals surface area contributed by atoms with E-state index >= 15 is 0 Å². The lowest BCUT2D eigenvalue weighted by molar-refractivity contribution is 0.00576. The molecule has 0 fully saturated rings. The van der Waals surface area contributed by atoms with E-state index in [4.69, 9.17) is 9.47 Å². The third kappa shape index (κ3) is 3.50. The zero-order valence-electron chi connectivity index (χ0n) is 13.0. The Kier molecular flexibility index (Phi) is 4.60. The van der Waals surface area contributed by atoms with E-state index in [-0.39, 0.29) is 12.3 Å². The van der Waals surface area contributed by atoms with Gasteiger partial charge >= 0.3 is 12.1 Å². The molecule has 6 heteroatoms. The number of aromatic nitrogens is 1. The molecule has 0 unspecified atom stereocenters. The van der Waals surface area contributed by atoms with Gasteiger partial charge in [-0.2, -0.15) is 0 Å². The van der Waals surface area contributed by atoms with Gasteiger partial charge in [0.05, 0.1) is 12.1 Å². The number of ether oxygens (including phenoxy) is 2. The van der Waals surface area contributed by atoms with Gasteiger partial charge in [-0.05, 0) is 45.9 Å². The summed E-state index contributed by atoms with van der Waals surface area (Å²) in [6, 6.07) is 7.06. The van der Waals surface area contributed by atoms with Crippen molar-refractivity contribution in [2.45, 2.75) is 33.3 Å². The van der Waals surface area contributed by atoms with Crippen LogP contribution >= 0.6 is 15.9 Å². The number of hydrogen-bond donors (Lipinski definition) is 0. The van der Waals surface area contributed by atoms with Gasteiger partial charge in [0.25, 0.3) is 0 Å². The second-order valence-corrected chi connectivity index (χ2v) is 6.68. The van der Waals surface area contributed by atoms with E-state index in [0.717, 1.165) is 9.86 Å². The maximum atomic E-state index is 12.4. The Morgan fingerprint density at radius 2 is 1.91 bits per heavy atom. The molecule has 5 nitrogen and oxygen atoms in total. The predicted octanol–water partition coefficient (Wildman–Crippen LogP) is 4.36. The Morgan fingerprint density at radius 1 is 1.23 bits per heavy atom. The normalized spacial score (nSPS) is 11.5. The largest absolute Gasteiger partial charge is 0.455 e. The molecular formula is C16H18BrNO4. The second kappa shape index (κ2) is 6.12. The molecule has 22 heavy (non-hydrogen) atoms. The summed E-state index contributed by atoms with van der Waals surface area (Å²) < 4.78 is 12.5. The Labute approximate surface area is 137 Å². The van der Waals surface area contributed by atoms with E-state index in [1.165, 1.54) is 4.57 Å². The van der Waals surface area contributed by atoms with Crippen LogP contribution in [0.5, 0.6) is 0 Å². The van der Waals surface area contributed by atoms with Crippen LogP contribution < -0.4 is 0 Å². The molecule has 0 spiro atoms. The fourth-order valence-electron chi connectivity index (χ4n) is 2.04. The van der Waals surface area contributed by atoms with E-state index < -0.39 is 17.7 Å². The van der Waals surface area contributed by atoms with Crippen LogP contribution in [0.2, 0.25) is 0 Å². The molecule has 0 atom stereocenters. The lowest BCUT2D eigenvalue weighted by atomic mass is 10.2. The number of carbonyl (C=O) groups is 2. The smallest absolute Gasteiger partial charge is 0.419 e. The van der Waals surface area contributed by atoms with Gasteiger partial charge in [-0.3, -0.25) is 0 Å². The van der Waals surface area contributed by atoms with Gasteiger partial charge in [0, 0.05) is 9.86 Å². The number of rotatable bonds is 2. The van der Waals surface area contributed by atoms with Crippen LogP contribution in [0.1, 0.15) is 38.2 Å². The van der Waals surface area contributed by atoms with Crippen molar-refractivity contribution in [1.29, 1.82) is 0 Å². The molecule has 2 rings (SSSR count). The van der Waals surface area contributed by atoms with Crippen molar-refractivity contribution in [3.63, 3.8) is 0 Å². The van der Waals surface area contributed by atoms with Crippen LogP contribution in [-0.4, -0.2) is 28.8 Å². The molecule has 1 aromatic heterocycles. The topological polar surface area (TPSA) is 57.5 Å². The predicted molar refractivity (Wildman–Crippen MR) is 87.2 cm³/mol. The highest BCUT2D eigenvalue weighted by Gasteiger charge is 2.25. The summed E-state index contributed by atoms with van der Waals surface area (Å²) in [7, 11) is 0. The van der Waals surface area contributed by atoms with Crippen LogP contribution in [-0.2, 0) is 9.47 Å². The number of nitrogens with zero attached hydrogens (tertiary/aromatic N) is 1. The number of fused-ring (bicyclic) bond motifs is 1. The number of hydrogen-bond acceptors (Lipinski definition) is 4. The zero-order valence-corrected chi connectivity index (χ0v) is 14.6. The van der Waals surface area contributed by atoms with Gasteiger partial charge in [-0.1, -0.05) is 22.0 Å². The molecule has 0 aliphatic heterocycles. The summed E-state index contributed by atoms with van der Waals surface area (Å²) in [6.45, 7) is 7.27. The number of halogens is 1. The van der Waals surface area contributed by atoms with Crippen LogP contribution in [0.3, 0.4) is 0 Å². The molecule has 118 valence electrons. The summed E-state index contributed by atoms with van der Waals surface area (Å²) in [5, 5.41) is 0.761. The third-order valence-corrected chi connectivity index (χ3v) is 3.32. The number of carbonyl (C=O) groups excluding carboxylic acids is 2. The lowest BCUT2D eigenvalue weighted by Gasteiger charge is -2.19. The van der Waals surface area contributed by atoms with Crippen molar-refractivity contribution >= 4 is 38.9 Å². The Bertz CT molecular complexity index is 728. The van der Waals surface area contributed by atoms with E-state index in [9.17, 15) is 9.59 Å². The monoisotopic (exact) mass is 367 g/mol. The maximum absolute atomic E-state index is 12.4. The standard InChI is InChI=1S/C16H18BrNO4/c1-5-21-15(20)18-12-9-11(17)7-6-10(12)8-13(18)14(19)22-16(2,3)4/h6-9H,5H2,1-4H3. The average Bonchev–Trinajstić information content (AvgIpc) is 2.75. The fraction of sp³-hybridized carbons (Fsp3) is 0.375. The molecule has 0 amide bonds. The van der Waals surface area contributed by atoms with Crippen LogP contribution in [0.25, 0.3) is 10.9 Å². The van der Waals surface area contributed by atoms with Gasteiger partial charge in [-0.25, -0.2) is 14.2 Å². The Hall–Kier alpha value is -1.82. The molecule has 0 radical (unpaired) electrons. The van der Waals surface area contributed by atoms with Crippen molar-refractivity contribution in [3.05, 3.63) is 34.4 Å². The molecule has 1 aromatic carbocycles. The molecule has 0 bridgehead atoms. The van der Waals surface area contributed by atoms with Crippen molar-refractivity contribution in [3.8, 4) is 0 Å². The van der Waals surface area contributed by atoms with Gasteiger partial charge in [-0.15, -0.1) is 0 Å². The molecule has 2 aromatic rings. The quantitative estimate of drug-likeness (QED) is 0.739. The summed E-state index contributed by atoms with van der Waals surface area (Å²) in [5.74, 6) is -0.562. The maximum Gasteiger partial charge on any atom is 0.419 e. The van der Waals surface area contributed by atoms with Crippen LogP contribution in [0.15, 0.2) is 28.7 Å².